The minimum Gasteiger partial charge on any atom is -0.489 e. The van der Waals surface area contributed by atoms with E-state index in [9.17, 15) is 4.79 Å². The van der Waals surface area contributed by atoms with Gasteiger partial charge in [-0.25, -0.2) is 4.79 Å². The molecule has 0 aromatic heterocycles. The van der Waals surface area contributed by atoms with Crippen molar-refractivity contribution in [1.82, 2.24) is 4.90 Å². The number of ether oxygens (including phenoxy) is 1. The predicted molar refractivity (Wildman–Crippen MR) is 65.6 cm³/mol. The number of piperidine rings is 1. The lowest BCUT2D eigenvalue weighted by Gasteiger charge is -2.31. The molecule has 1 unspecified atom stereocenters. The first-order valence-electron chi connectivity index (χ1n) is 6.03. The summed E-state index contributed by atoms with van der Waals surface area (Å²) in [4.78, 5) is 12.3. The number of aliphatic hydroxyl groups is 1. The Morgan fingerprint density at radius 1 is 1.50 bits per heavy atom. The van der Waals surface area contributed by atoms with Crippen molar-refractivity contribution in [2.24, 2.45) is 0 Å². The highest BCUT2D eigenvalue weighted by molar-refractivity contribution is 5.65. The first-order chi connectivity index (χ1) is 8.69. The number of carboxylic acid groups (broad SMARTS) is 1. The molecule has 0 bridgehead atoms. The Kier molecular flexibility index (Phi) is 4.04. The fourth-order valence-electron chi connectivity index (χ4n) is 2.12. The Balaban J connectivity index is 1.97. The lowest BCUT2D eigenvalue weighted by molar-refractivity contribution is 0.0791. The summed E-state index contributed by atoms with van der Waals surface area (Å²) in [6, 6.07) is 7.23. The third kappa shape index (κ3) is 3.13. The van der Waals surface area contributed by atoms with E-state index in [0.29, 0.717) is 18.8 Å². The summed E-state index contributed by atoms with van der Waals surface area (Å²) in [6.07, 6.45) is 0.667. The number of rotatable bonds is 3. The minimum absolute atomic E-state index is 0.0247. The van der Waals surface area contributed by atoms with E-state index >= 15 is 0 Å². The topological polar surface area (TPSA) is 70.0 Å². The second-order valence-corrected chi connectivity index (χ2v) is 4.42. The molecule has 98 valence electrons. The summed E-state index contributed by atoms with van der Waals surface area (Å²) >= 11 is 0. The monoisotopic (exact) mass is 251 g/mol. The maximum atomic E-state index is 10.9. The van der Waals surface area contributed by atoms with Gasteiger partial charge in [0.2, 0.25) is 0 Å². The smallest absolute Gasteiger partial charge is 0.407 e. The SMILES string of the molecule is O=C(O)N1CCCC(Oc2cccc(CO)c2)C1. The molecule has 18 heavy (non-hydrogen) atoms. The molecule has 1 amide bonds. The van der Waals surface area contributed by atoms with Gasteiger partial charge in [0.25, 0.3) is 0 Å². The van der Waals surface area contributed by atoms with E-state index in [-0.39, 0.29) is 12.7 Å². The molecular formula is C13H17NO4. The van der Waals surface area contributed by atoms with Gasteiger partial charge in [0.05, 0.1) is 13.2 Å². The average molecular weight is 251 g/mol. The minimum atomic E-state index is -0.896. The van der Waals surface area contributed by atoms with Gasteiger partial charge in [-0.3, -0.25) is 0 Å². The number of nitrogens with zero attached hydrogens (tertiary/aromatic N) is 1. The van der Waals surface area contributed by atoms with Gasteiger partial charge in [-0.1, -0.05) is 12.1 Å². The highest BCUT2D eigenvalue weighted by Crippen LogP contribution is 2.19. The molecule has 1 aliphatic heterocycles. The molecule has 0 spiro atoms. The maximum absolute atomic E-state index is 10.9. The molecular weight excluding hydrogens is 234 g/mol. The normalized spacial score (nSPS) is 19.6. The molecule has 1 aliphatic rings. The Bertz CT molecular complexity index is 421. The summed E-state index contributed by atoms with van der Waals surface area (Å²) in [5.74, 6) is 0.679. The van der Waals surface area contributed by atoms with Crippen LogP contribution in [0.15, 0.2) is 24.3 Å². The summed E-state index contributed by atoms with van der Waals surface area (Å²) in [5, 5.41) is 18.0. The zero-order chi connectivity index (χ0) is 13.0. The largest absolute Gasteiger partial charge is 0.489 e. The van der Waals surface area contributed by atoms with Gasteiger partial charge < -0.3 is 19.8 Å². The molecule has 2 N–H and O–H groups in total. The fourth-order valence-corrected chi connectivity index (χ4v) is 2.12. The Morgan fingerprint density at radius 3 is 3.06 bits per heavy atom. The van der Waals surface area contributed by atoms with Gasteiger partial charge >= 0.3 is 6.09 Å². The number of amides is 1. The molecule has 1 heterocycles. The highest BCUT2D eigenvalue weighted by atomic mass is 16.5. The van der Waals surface area contributed by atoms with Crippen molar-refractivity contribution < 1.29 is 19.7 Å². The second kappa shape index (κ2) is 5.73. The zero-order valence-corrected chi connectivity index (χ0v) is 10.1. The van der Waals surface area contributed by atoms with Crippen LogP contribution >= 0.6 is 0 Å². The fraction of sp³-hybridized carbons (Fsp3) is 0.462. The summed E-state index contributed by atoms with van der Waals surface area (Å²) in [5.41, 5.74) is 0.790. The van der Waals surface area contributed by atoms with Crippen molar-refractivity contribution in [1.29, 1.82) is 0 Å². The van der Waals surface area contributed by atoms with Gasteiger partial charge in [-0.15, -0.1) is 0 Å². The van der Waals surface area contributed by atoms with E-state index in [1.807, 2.05) is 18.2 Å². The summed E-state index contributed by atoms with van der Waals surface area (Å²) in [6.45, 7) is 0.952. The number of hydrogen-bond donors (Lipinski definition) is 2. The molecule has 1 fully saturated rings. The molecule has 0 saturated carbocycles. The highest BCUT2D eigenvalue weighted by Gasteiger charge is 2.24. The lowest BCUT2D eigenvalue weighted by Crippen LogP contribution is -2.43. The van der Waals surface area contributed by atoms with Crippen LogP contribution in [0.3, 0.4) is 0 Å². The van der Waals surface area contributed by atoms with Gasteiger partial charge in [0.15, 0.2) is 0 Å². The van der Waals surface area contributed by atoms with Crippen molar-refractivity contribution >= 4 is 6.09 Å². The predicted octanol–water partition coefficient (Wildman–Crippen LogP) is 1.70. The molecule has 0 radical (unpaired) electrons. The first-order valence-corrected chi connectivity index (χ1v) is 6.03. The van der Waals surface area contributed by atoms with Crippen molar-refractivity contribution in [3.8, 4) is 5.75 Å². The molecule has 2 rings (SSSR count). The van der Waals surface area contributed by atoms with Crippen LogP contribution in [0.2, 0.25) is 0 Å². The number of likely N-dealkylation sites (tertiary alicyclic amines) is 1. The quantitative estimate of drug-likeness (QED) is 0.857. The molecule has 1 aromatic rings. The molecule has 1 atom stereocenters. The van der Waals surface area contributed by atoms with Crippen molar-refractivity contribution in [2.45, 2.75) is 25.6 Å². The number of hydrogen-bond acceptors (Lipinski definition) is 3. The van der Waals surface area contributed by atoms with E-state index in [4.69, 9.17) is 14.9 Å². The maximum Gasteiger partial charge on any atom is 0.407 e. The third-order valence-electron chi connectivity index (χ3n) is 3.03. The van der Waals surface area contributed by atoms with Crippen LogP contribution in [-0.2, 0) is 6.61 Å². The molecule has 5 nitrogen and oxygen atoms in total. The van der Waals surface area contributed by atoms with E-state index in [1.54, 1.807) is 6.07 Å². The van der Waals surface area contributed by atoms with E-state index in [1.165, 1.54) is 4.90 Å². The number of benzene rings is 1. The second-order valence-electron chi connectivity index (χ2n) is 4.42. The van der Waals surface area contributed by atoms with Crippen molar-refractivity contribution in [3.05, 3.63) is 29.8 Å². The summed E-state index contributed by atoms with van der Waals surface area (Å²) < 4.78 is 5.76. The Labute approximate surface area is 106 Å². The summed E-state index contributed by atoms with van der Waals surface area (Å²) in [7, 11) is 0. The van der Waals surface area contributed by atoms with Gasteiger partial charge in [-0.05, 0) is 30.5 Å². The van der Waals surface area contributed by atoms with E-state index in [0.717, 1.165) is 18.4 Å². The molecule has 1 saturated heterocycles. The van der Waals surface area contributed by atoms with Gasteiger partial charge in [-0.2, -0.15) is 0 Å². The van der Waals surface area contributed by atoms with Crippen LogP contribution in [0.1, 0.15) is 18.4 Å². The van der Waals surface area contributed by atoms with Crippen molar-refractivity contribution in [3.63, 3.8) is 0 Å². The number of aliphatic hydroxyl groups excluding tert-OH is 1. The number of carbonyl (C=O) groups is 1. The van der Waals surface area contributed by atoms with Gasteiger partial charge in [0, 0.05) is 6.54 Å². The molecule has 1 aromatic carbocycles. The zero-order valence-electron chi connectivity index (χ0n) is 10.1. The Morgan fingerprint density at radius 2 is 2.33 bits per heavy atom. The van der Waals surface area contributed by atoms with E-state index < -0.39 is 6.09 Å². The van der Waals surface area contributed by atoms with Crippen LogP contribution < -0.4 is 4.74 Å². The van der Waals surface area contributed by atoms with Gasteiger partial charge in [0.1, 0.15) is 11.9 Å². The third-order valence-corrected chi connectivity index (χ3v) is 3.03. The standard InChI is InChI=1S/C13H17NO4/c15-9-10-3-1-4-11(7-10)18-12-5-2-6-14(8-12)13(16)17/h1,3-4,7,12,15H,2,5-6,8-9H2,(H,16,17). The first kappa shape index (κ1) is 12.7. The lowest BCUT2D eigenvalue weighted by atomic mass is 10.1. The van der Waals surface area contributed by atoms with Crippen LogP contribution in [0.5, 0.6) is 5.75 Å². The van der Waals surface area contributed by atoms with Crippen LogP contribution in [0.4, 0.5) is 4.79 Å². The molecule has 0 aliphatic carbocycles. The van der Waals surface area contributed by atoms with Crippen LogP contribution in [0.25, 0.3) is 0 Å². The Hall–Kier alpha value is -1.75. The van der Waals surface area contributed by atoms with Crippen LogP contribution in [-0.4, -0.2) is 40.4 Å². The van der Waals surface area contributed by atoms with E-state index in [2.05, 4.69) is 0 Å². The van der Waals surface area contributed by atoms with Crippen LogP contribution in [0, 0.1) is 0 Å². The average Bonchev–Trinajstić information content (AvgIpc) is 2.39. The van der Waals surface area contributed by atoms with Crippen molar-refractivity contribution in [2.75, 3.05) is 13.1 Å². The molecule has 5 heteroatoms.